The van der Waals surface area contributed by atoms with E-state index in [2.05, 4.69) is 4.98 Å². The summed E-state index contributed by atoms with van der Waals surface area (Å²) in [7, 11) is 0. The highest BCUT2D eigenvalue weighted by molar-refractivity contribution is 7.22. The standard InChI is InChI=1S/C21H21ClN2O3S/c1-14-11-15(8-9-17(14)22)27-13-20(25)24(12-16-5-4-10-26-16)21-23-18-6-2-3-7-19(18)28-21/h2-3,6-9,11,16H,4-5,10,12-13H2,1H3/t16-/m0/s1. The lowest BCUT2D eigenvalue weighted by Gasteiger charge is -2.23. The van der Waals surface area contributed by atoms with Crippen LogP contribution in [0.15, 0.2) is 42.5 Å². The molecule has 1 saturated heterocycles. The zero-order valence-corrected chi connectivity index (χ0v) is 17.1. The van der Waals surface area contributed by atoms with Crippen LogP contribution in [0.1, 0.15) is 18.4 Å². The van der Waals surface area contributed by atoms with Gasteiger partial charge in [0.05, 0.1) is 22.9 Å². The highest BCUT2D eigenvalue weighted by Gasteiger charge is 2.26. The summed E-state index contributed by atoms with van der Waals surface area (Å²) < 4.78 is 12.5. The molecule has 1 atom stereocenters. The third kappa shape index (κ3) is 4.29. The summed E-state index contributed by atoms with van der Waals surface area (Å²) in [6.45, 7) is 3.07. The lowest BCUT2D eigenvalue weighted by molar-refractivity contribution is -0.120. The fourth-order valence-electron chi connectivity index (χ4n) is 3.18. The van der Waals surface area contributed by atoms with Gasteiger partial charge in [-0.25, -0.2) is 4.98 Å². The molecule has 146 valence electrons. The zero-order valence-electron chi connectivity index (χ0n) is 15.6. The maximum atomic E-state index is 13.0. The second-order valence-electron chi connectivity index (χ2n) is 6.80. The molecule has 4 rings (SSSR count). The predicted octanol–water partition coefficient (Wildman–Crippen LogP) is 4.85. The van der Waals surface area contributed by atoms with E-state index in [0.717, 1.165) is 35.2 Å². The number of aromatic nitrogens is 1. The third-order valence-corrected chi connectivity index (χ3v) is 6.20. The van der Waals surface area contributed by atoms with Gasteiger partial charge < -0.3 is 9.47 Å². The average molecular weight is 417 g/mol. The van der Waals surface area contributed by atoms with Crippen molar-refractivity contribution in [2.24, 2.45) is 0 Å². The van der Waals surface area contributed by atoms with Gasteiger partial charge in [-0.1, -0.05) is 35.1 Å². The minimum absolute atomic E-state index is 0.0359. The SMILES string of the molecule is Cc1cc(OCC(=O)N(C[C@@H]2CCCO2)c2nc3ccccc3s2)ccc1Cl. The van der Waals surface area contributed by atoms with Crippen molar-refractivity contribution in [3.8, 4) is 5.75 Å². The molecule has 3 aromatic rings. The molecule has 0 saturated carbocycles. The van der Waals surface area contributed by atoms with Crippen LogP contribution in [0.5, 0.6) is 5.75 Å². The quantitative estimate of drug-likeness (QED) is 0.576. The number of para-hydroxylation sites is 1. The topological polar surface area (TPSA) is 51.7 Å². The number of nitrogens with zero attached hydrogens (tertiary/aromatic N) is 2. The van der Waals surface area contributed by atoms with Crippen LogP contribution in [0, 0.1) is 6.92 Å². The number of thiazole rings is 1. The molecule has 1 fully saturated rings. The van der Waals surface area contributed by atoms with Crippen molar-refractivity contribution in [1.29, 1.82) is 0 Å². The Balaban J connectivity index is 1.53. The maximum Gasteiger partial charge on any atom is 0.266 e. The third-order valence-electron chi connectivity index (χ3n) is 4.72. The Morgan fingerprint density at radius 3 is 2.96 bits per heavy atom. The second kappa shape index (κ2) is 8.47. The van der Waals surface area contributed by atoms with Crippen molar-refractivity contribution < 1.29 is 14.3 Å². The van der Waals surface area contributed by atoms with E-state index >= 15 is 0 Å². The summed E-state index contributed by atoms with van der Waals surface area (Å²) in [5.41, 5.74) is 1.80. The van der Waals surface area contributed by atoms with Crippen LogP contribution in [-0.4, -0.2) is 36.8 Å². The monoisotopic (exact) mass is 416 g/mol. The van der Waals surface area contributed by atoms with Crippen LogP contribution in [0.2, 0.25) is 5.02 Å². The number of carbonyl (C=O) groups excluding carboxylic acids is 1. The molecule has 0 radical (unpaired) electrons. The molecular weight excluding hydrogens is 396 g/mol. The molecule has 1 aliphatic heterocycles. The molecule has 1 aromatic heterocycles. The molecule has 2 heterocycles. The largest absolute Gasteiger partial charge is 0.484 e. The van der Waals surface area contributed by atoms with Gasteiger partial charge in [0.15, 0.2) is 11.7 Å². The molecular formula is C21H21ClN2O3S. The normalized spacial score (nSPS) is 16.4. The lowest BCUT2D eigenvalue weighted by Crippen LogP contribution is -2.40. The Labute approximate surface area is 172 Å². The van der Waals surface area contributed by atoms with Crippen LogP contribution >= 0.6 is 22.9 Å². The summed E-state index contributed by atoms with van der Waals surface area (Å²) in [6.07, 6.45) is 2.01. The summed E-state index contributed by atoms with van der Waals surface area (Å²) in [5.74, 6) is 0.485. The fourth-order valence-corrected chi connectivity index (χ4v) is 4.29. The van der Waals surface area contributed by atoms with E-state index in [1.54, 1.807) is 17.0 Å². The molecule has 1 aliphatic rings. The molecule has 0 unspecified atom stereocenters. The first-order valence-electron chi connectivity index (χ1n) is 9.26. The van der Waals surface area contributed by atoms with Crippen molar-refractivity contribution in [3.63, 3.8) is 0 Å². The first-order valence-corrected chi connectivity index (χ1v) is 10.5. The smallest absolute Gasteiger partial charge is 0.266 e. The molecule has 0 spiro atoms. The van der Waals surface area contributed by atoms with Gasteiger partial charge in [0, 0.05) is 11.6 Å². The average Bonchev–Trinajstić information content (AvgIpc) is 3.36. The molecule has 0 bridgehead atoms. The number of rotatable bonds is 6. The van der Waals surface area contributed by atoms with E-state index in [9.17, 15) is 4.79 Å². The number of benzene rings is 2. The van der Waals surface area contributed by atoms with E-state index in [-0.39, 0.29) is 18.6 Å². The van der Waals surface area contributed by atoms with E-state index in [1.165, 1.54) is 11.3 Å². The number of ether oxygens (including phenoxy) is 2. The molecule has 1 amide bonds. The summed E-state index contributed by atoms with van der Waals surface area (Å²) in [4.78, 5) is 19.4. The van der Waals surface area contributed by atoms with E-state index < -0.39 is 0 Å². The zero-order chi connectivity index (χ0) is 19.5. The van der Waals surface area contributed by atoms with E-state index in [4.69, 9.17) is 21.1 Å². The Hall–Kier alpha value is -2.15. The number of fused-ring (bicyclic) bond motifs is 1. The van der Waals surface area contributed by atoms with Crippen LogP contribution in [-0.2, 0) is 9.53 Å². The molecule has 0 aliphatic carbocycles. The lowest BCUT2D eigenvalue weighted by atomic mass is 10.2. The molecule has 0 N–H and O–H groups in total. The molecule has 5 nitrogen and oxygen atoms in total. The fraction of sp³-hybridized carbons (Fsp3) is 0.333. The van der Waals surface area contributed by atoms with Crippen molar-refractivity contribution in [2.45, 2.75) is 25.9 Å². The summed E-state index contributed by atoms with van der Waals surface area (Å²) in [6, 6.07) is 13.3. The van der Waals surface area contributed by atoms with Gasteiger partial charge in [0.1, 0.15) is 5.75 Å². The number of aryl methyl sites for hydroxylation is 1. The van der Waals surface area contributed by atoms with Gasteiger partial charge in [-0.2, -0.15) is 0 Å². The predicted molar refractivity (Wildman–Crippen MR) is 113 cm³/mol. The number of hydrogen-bond donors (Lipinski definition) is 0. The Bertz CT molecular complexity index is 952. The Morgan fingerprint density at radius 2 is 2.21 bits per heavy atom. The van der Waals surface area contributed by atoms with Crippen LogP contribution in [0.3, 0.4) is 0 Å². The van der Waals surface area contributed by atoms with Crippen LogP contribution in [0.4, 0.5) is 5.13 Å². The van der Waals surface area contributed by atoms with Gasteiger partial charge in [0.2, 0.25) is 0 Å². The van der Waals surface area contributed by atoms with E-state index in [0.29, 0.717) is 22.4 Å². The van der Waals surface area contributed by atoms with Gasteiger partial charge in [0.25, 0.3) is 5.91 Å². The minimum Gasteiger partial charge on any atom is -0.484 e. The number of hydrogen-bond acceptors (Lipinski definition) is 5. The number of anilines is 1. The second-order valence-corrected chi connectivity index (χ2v) is 8.22. The van der Waals surface area contributed by atoms with Crippen LogP contribution < -0.4 is 9.64 Å². The highest BCUT2D eigenvalue weighted by Crippen LogP contribution is 2.30. The van der Waals surface area contributed by atoms with E-state index in [1.807, 2.05) is 37.3 Å². The molecule has 7 heteroatoms. The van der Waals surface area contributed by atoms with Gasteiger partial charge >= 0.3 is 0 Å². The Kier molecular flexibility index (Phi) is 5.80. The van der Waals surface area contributed by atoms with Crippen LogP contribution in [0.25, 0.3) is 10.2 Å². The highest BCUT2D eigenvalue weighted by atomic mass is 35.5. The van der Waals surface area contributed by atoms with Crippen molar-refractivity contribution in [1.82, 2.24) is 4.98 Å². The number of halogens is 1. The minimum atomic E-state index is -0.137. The number of amides is 1. The molecule has 2 aromatic carbocycles. The van der Waals surface area contributed by atoms with Gasteiger partial charge in [-0.15, -0.1) is 0 Å². The first kappa shape index (κ1) is 19.2. The molecule has 28 heavy (non-hydrogen) atoms. The number of carbonyl (C=O) groups is 1. The van der Waals surface area contributed by atoms with Crippen molar-refractivity contribution in [3.05, 3.63) is 53.1 Å². The van der Waals surface area contributed by atoms with Crippen molar-refractivity contribution >= 4 is 44.2 Å². The van der Waals surface area contributed by atoms with Gasteiger partial charge in [-0.05, 0) is 55.7 Å². The summed E-state index contributed by atoms with van der Waals surface area (Å²) >= 11 is 7.56. The first-order chi connectivity index (χ1) is 13.6. The van der Waals surface area contributed by atoms with Crippen molar-refractivity contribution in [2.75, 3.05) is 24.7 Å². The summed E-state index contributed by atoms with van der Waals surface area (Å²) in [5, 5.41) is 1.35. The maximum absolute atomic E-state index is 13.0. The van der Waals surface area contributed by atoms with Gasteiger partial charge in [-0.3, -0.25) is 9.69 Å². The Morgan fingerprint density at radius 1 is 1.36 bits per heavy atom.